The van der Waals surface area contributed by atoms with Crippen LogP contribution in [0.1, 0.15) is 81.9 Å². The van der Waals surface area contributed by atoms with Gasteiger partial charge in [0.15, 0.2) is 0 Å². The molecule has 0 radical (unpaired) electrons. The normalized spacial score (nSPS) is 24.9. The van der Waals surface area contributed by atoms with Crippen molar-refractivity contribution >= 4 is 34.5 Å². The highest BCUT2D eigenvalue weighted by molar-refractivity contribution is 7.88. The molecule has 2 heterocycles. The summed E-state index contributed by atoms with van der Waals surface area (Å²) >= 11 is 0. The van der Waals surface area contributed by atoms with Crippen molar-refractivity contribution in [2.45, 2.75) is 83.8 Å². The number of piperidine rings is 1. The van der Waals surface area contributed by atoms with E-state index in [9.17, 15) is 22.0 Å². The number of nitrogens with one attached hydrogen (secondary N) is 1. The molecule has 3 aliphatic rings. The number of sulfonamides is 1. The zero-order chi connectivity index (χ0) is 29.5. The van der Waals surface area contributed by atoms with Crippen LogP contribution in [0, 0.1) is 12.3 Å². The molecule has 1 aromatic rings. The maximum atomic E-state index is 13.8. The molecule has 1 aromatic carbocycles. The lowest BCUT2D eigenvalue weighted by Crippen LogP contribution is -2.41. The van der Waals surface area contributed by atoms with Gasteiger partial charge in [0.2, 0.25) is 16.0 Å². The Morgan fingerprint density at radius 1 is 1.20 bits per heavy atom. The maximum Gasteiger partial charge on any atom is 0.410 e. The van der Waals surface area contributed by atoms with Crippen molar-refractivity contribution in [3.05, 3.63) is 28.8 Å². The van der Waals surface area contributed by atoms with Gasteiger partial charge in [-0.15, -0.1) is 0 Å². The average molecular weight is 582 g/mol. The van der Waals surface area contributed by atoms with E-state index in [0.717, 1.165) is 24.8 Å². The molecule has 1 aliphatic carbocycles. The van der Waals surface area contributed by atoms with Gasteiger partial charge in [-0.3, -0.25) is 0 Å². The summed E-state index contributed by atoms with van der Waals surface area (Å²) in [5, 5.41) is 3.26. The minimum atomic E-state index is -3.24. The van der Waals surface area contributed by atoms with Crippen LogP contribution < -0.4 is 5.32 Å². The van der Waals surface area contributed by atoms with Crippen molar-refractivity contribution in [1.82, 2.24) is 9.21 Å². The van der Waals surface area contributed by atoms with Gasteiger partial charge in [0.05, 0.1) is 12.3 Å². The first-order chi connectivity index (χ1) is 18.6. The highest BCUT2D eigenvalue weighted by Crippen LogP contribution is 2.57. The molecule has 1 N–H and O–H groups in total. The number of nitrogens with zero attached hydrogens (tertiary/aromatic N) is 4. The first-order valence-electron chi connectivity index (χ1n) is 13.8. The van der Waals surface area contributed by atoms with Crippen molar-refractivity contribution in [3.63, 3.8) is 0 Å². The van der Waals surface area contributed by atoms with E-state index in [2.05, 4.69) is 22.0 Å². The number of hydrogen-bond donors (Lipinski definition) is 1. The Kier molecular flexibility index (Phi) is 8.61. The molecule has 4 rings (SSSR count). The number of halogens is 2. The zero-order valence-corrected chi connectivity index (χ0v) is 24.9. The summed E-state index contributed by atoms with van der Waals surface area (Å²) in [7, 11) is -3.24. The summed E-state index contributed by atoms with van der Waals surface area (Å²) < 4.78 is 58.2. The molecule has 222 valence electrons. The van der Waals surface area contributed by atoms with E-state index >= 15 is 0 Å². The summed E-state index contributed by atoms with van der Waals surface area (Å²) in [5.74, 6) is 0.334. The lowest BCUT2D eigenvalue weighted by molar-refractivity contribution is 0.0230. The van der Waals surface area contributed by atoms with Gasteiger partial charge >= 0.3 is 6.09 Å². The van der Waals surface area contributed by atoms with Crippen LogP contribution in [0.4, 0.5) is 19.3 Å². The number of benzene rings is 1. The molecule has 0 atom stereocenters. The molecule has 12 heteroatoms. The van der Waals surface area contributed by atoms with Gasteiger partial charge in [-0.1, -0.05) is 0 Å². The summed E-state index contributed by atoms with van der Waals surface area (Å²) in [4.78, 5) is 23.1. The second-order valence-corrected chi connectivity index (χ2v) is 14.5. The van der Waals surface area contributed by atoms with E-state index < -0.39 is 22.0 Å². The zero-order valence-electron chi connectivity index (χ0n) is 24.0. The Morgan fingerprint density at radius 2 is 1.85 bits per heavy atom. The van der Waals surface area contributed by atoms with Gasteiger partial charge in [0.1, 0.15) is 5.60 Å². The lowest BCUT2D eigenvalue weighted by Gasteiger charge is -2.46. The van der Waals surface area contributed by atoms with Crippen LogP contribution in [0.3, 0.4) is 0 Å². The summed E-state index contributed by atoms with van der Waals surface area (Å²) in [6.45, 7) is 13.0. The third-order valence-corrected chi connectivity index (χ3v) is 9.42. The van der Waals surface area contributed by atoms with Crippen LogP contribution in [0.15, 0.2) is 22.1 Å². The highest BCUT2D eigenvalue weighted by Gasteiger charge is 2.51. The molecule has 1 spiro atoms. The standard InChI is InChI=1S/C28H41F2N5O4S/c1-18-13-19(24(29)30)14-22(20-15-28(16-20)9-12-34(17-28)26(36)39-27(2,3)4)23(18)33-25(31-5)32-21-7-10-35(11-8-21)40(6,37)38/h13-14,20-21,24H,5,7-12,15-17H2,1-4,6H3,(H,32,33). The molecule has 40 heavy (non-hydrogen) atoms. The van der Waals surface area contributed by atoms with Gasteiger partial charge in [0.25, 0.3) is 6.43 Å². The summed E-state index contributed by atoms with van der Waals surface area (Å²) in [5.41, 5.74) is 1.52. The minimum absolute atomic E-state index is 0.0287. The Morgan fingerprint density at radius 3 is 2.40 bits per heavy atom. The van der Waals surface area contributed by atoms with Crippen LogP contribution in [0.2, 0.25) is 0 Å². The number of carbonyl (C=O) groups excluding carboxylic acids is 1. The number of aryl methyl sites for hydroxylation is 1. The fourth-order valence-corrected chi connectivity index (χ4v) is 6.99. The molecule has 2 aliphatic heterocycles. The third kappa shape index (κ3) is 6.99. The van der Waals surface area contributed by atoms with E-state index in [-0.39, 0.29) is 35.0 Å². The first kappa shape index (κ1) is 30.4. The Hall–Kier alpha value is -2.60. The molecule has 1 amide bonds. The SMILES string of the molecule is C=NC(=NC1CCN(S(C)(=O)=O)CC1)Nc1c(C)cc(C(F)F)cc1C1CC2(CCN(C(=O)OC(C)(C)C)C2)C1. The van der Waals surface area contributed by atoms with Gasteiger partial charge in [-0.2, -0.15) is 0 Å². The number of aliphatic imine (C=N–C) groups is 2. The minimum Gasteiger partial charge on any atom is -0.444 e. The number of ether oxygens (including phenoxy) is 1. The van der Waals surface area contributed by atoms with Crippen molar-refractivity contribution in [2.24, 2.45) is 15.4 Å². The Bertz CT molecular complexity index is 1260. The summed E-state index contributed by atoms with van der Waals surface area (Å²) in [6, 6.07) is 2.93. The first-order valence-corrected chi connectivity index (χ1v) is 15.6. The largest absolute Gasteiger partial charge is 0.444 e. The van der Waals surface area contributed by atoms with E-state index in [1.807, 2.05) is 20.8 Å². The fourth-order valence-electron chi connectivity index (χ4n) is 6.12. The molecule has 3 fully saturated rings. The Balaban J connectivity index is 1.50. The fraction of sp³-hybridized carbons (Fsp3) is 0.679. The number of likely N-dealkylation sites (tertiary alicyclic amines) is 1. The maximum absolute atomic E-state index is 13.8. The highest BCUT2D eigenvalue weighted by atomic mass is 32.2. The van der Waals surface area contributed by atoms with Crippen molar-refractivity contribution in [1.29, 1.82) is 0 Å². The van der Waals surface area contributed by atoms with Crippen LogP contribution >= 0.6 is 0 Å². The van der Waals surface area contributed by atoms with Gasteiger partial charge in [-0.25, -0.2) is 36.3 Å². The number of hydrogen-bond acceptors (Lipinski definition) is 5. The average Bonchev–Trinajstić information content (AvgIpc) is 3.28. The van der Waals surface area contributed by atoms with Crippen molar-refractivity contribution in [3.8, 4) is 0 Å². The van der Waals surface area contributed by atoms with Crippen LogP contribution in [-0.2, 0) is 14.8 Å². The predicted molar refractivity (Wildman–Crippen MR) is 153 cm³/mol. The van der Waals surface area contributed by atoms with Crippen LogP contribution in [0.25, 0.3) is 0 Å². The molecule has 0 aromatic heterocycles. The van der Waals surface area contributed by atoms with E-state index in [1.165, 1.54) is 16.6 Å². The number of alkyl halides is 2. The molecule has 1 saturated carbocycles. The van der Waals surface area contributed by atoms with Crippen LogP contribution in [-0.4, -0.2) is 80.5 Å². The van der Waals surface area contributed by atoms with Gasteiger partial charge < -0.3 is 15.0 Å². The molecular formula is C28H41F2N5O4S. The topological polar surface area (TPSA) is 104 Å². The molecule has 0 unspecified atom stereocenters. The van der Waals surface area contributed by atoms with E-state index in [0.29, 0.717) is 50.3 Å². The Labute approximate surface area is 236 Å². The number of rotatable bonds is 5. The molecular weight excluding hydrogens is 540 g/mol. The van der Waals surface area contributed by atoms with Crippen molar-refractivity contribution < 1.29 is 26.7 Å². The second-order valence-electron chi connectivity index (χ2n) is 12.5. The van der Waals surface area contributed by atoms with Gasteiger partial charge in [-0.05, 0) is 101 Å². The van der Waals surface area contributed by atoms with Crippen LogP contribution in [0.5, 0.6) is 0 Å². The second kappa shape index (κ2) is 11.3. The third-order valence-electron chi connectivity index (χ3n) is 8.11. The molecule has 2 saturated heterocycles. The quantitative estimate of drug-likeness (QED) is 0.374. The van der Waals surface area contributed by atoms with E-state index in [4.69, 9.17) is 4.74 Å². The number of anilines is 1. The molecule has 0 bridgehead atoms. The lowest BCUT2D eigenvalue weighted by atomic mass is 9.59. The number of carbonyl (C=O) groups is 1. The van der Waals surface area contributed by atoms with E-state index in [1.54, 1.807) is 17.9 Å². The smallest absolute Gasteiger partial charge is 0.410 e. The number of amides is 1. The van der Waals surface area contributed by atoms with Crippen molar-refractivity contribution in [2.75, 3.05) is 37.8 Å². The predicted octanol–water partition coefficient (Wildman–Crippen LogP) is 5.33. The monoisotopic (exact) mass is 581 g/mol. The summed E-state index contributed by atoms with van der Waals surface area (Å²) in [6.07, 6.45) is 1.83. The van der Waals surface area contributed by atoms with Gasteiger partial charge in [0, 0.05) is 37.4 Å². The molecule has 9 nitrogen and oxygen atoms in total. The number of guanidine groups is 1.